The number of benzene rings is 10. The standard InChI is InChI=1S/C63H40F3N5O4S/c64-63(65,66)76(72,73)75-49-39-54-53-38-48(70(44-21-9-3-10-22-44)62-67-55-27-15-13-26-51(55)60(68-62)43-19-7-2-8-20-43)34-36-59(53)74-61(54)58(40-49)69(46-31-29-42(30-32-46)41-17-5-1-6-18-41)47-33-35-57-52(37-47)50-25-14-16-28-56(50)71(57)45-23-11-4-12-24-45/h1-40H. The molecular weight excluding hydrogens is 980 g/mol. The predicted octanol–water partition coefficient (Wildman–Crippen LogP) is 17.1. The number of furan rings is 1. The first-order valence-corrected chi connectivity index (χ1v) is 25.7. The van der Waals surface area contributed by atoms with Crippen LogP contribution in [0.1, 0.15) is 0 Å². The monoisotopic (exact) mass is 1020 g/mol. The average molecular weight is 1020 g/mol. The number of anilines is 6. The van der Waals surface area contributed by atoms with E-state index >= 15 is 0 Å². The minimum absolute atomic E-state index is 0.214. The van der Waals surface area contributed by atoms with Gasteiger partial charge in [-0.15, -0.1) is 0 Å². The minimum atomic E-state index is -6.16. The van der Waals surface area contributed by atoms with Crippen molar-refractivity contribution in [2.24, 2.45) is 0 Å². The van der Waals surface area contributed by atoms with Gasteiger partial charge in [0.1, 0.15) is 11.3 Å². The summed E-state index contributed by atoms with van der Waals surface area (Å²) in [4.78, 5) is 14.1. The summed E-state index contributed by atoms with van der Waals surface area (Å²) >= 11 is 0. The number of nitrogens with zero attached hydrogens (tertiary/aromatic N) is 5. The van der Waals surface area contributed by atoms with Crippen molar-refractivity contribution >= 4 is 99.2 Å². The molecule has 0 amide bonds. The minimum Gasteiger partial charge on any atom is -0.454 e. The van der Waals surface area contributed by atoms with Gasteiger partial charge in [0.15, 0.2) is 5.58 Å². The van der Waals surface area contributed by atoms with Crippen LogP contribution in [0.5, 0.6) is 5.75 Å². The van der Waals surface area contributed by atoms with Crippen molar-refractivity contribution in [2.75, 3.05) is 9.80 Å². The summed E-state index contributed by atoms with van der Waals surface area (Å²) < 4.78 is 83.1. The van der Waals surface area contributed by atoms with Crippen molar-refractivity contribution in [2.45, 2.75) is 5.51 Å². The Morgan fingerprint density at radius 2 is 1.01 bits per heavy atom. The molecule has 0 fully saturated rings. The van der Waals surface area contributed by atoms with E-state index in [9.17, 15) is 21.6 Å². The zero-order valence-corrected chi connectivity index (χ0v) is 40.8. The molecule has 13 heteroatoms. The van der Waals surface area contributed by atoms with Gasteiger partial charge in [0.25, 0.3) is 0 Å². The molecule has 0 radical (unpaired) electrons. The van der Waals surface area contributed by atoms with E-state index in [1.807, 2.05) is 222 Å². The van der Waals surface area contributed by atoms with Crippen molar-refractivity contribution in [1.29, 1.82) is 0 Å². The molecule has 10 aromatic carbocycles. The van der Waals surface area contributed by atoms with E-state index in [1.165, 1.54) is 12.1 Å². The summed E-state index contributed by atoms with van der Waals surface area (Å²) in [5, 5.41) is 3.46. The molecular formula is C63H40F3N5O4S. The topological polar surface area (TPSA) is 93.7 Å². The molecule has 0 saturated carbocycles. The Kier molecular flexibility index (Phi) is 11.1. The Labute approximate surface area is 433 Å². The third-order valence-electron chi connectivity index (χ3n) is 13.5. The Morgan fingerprint density at radius 1 is 0.461 bits per heavy atom. The van der Waals surface area contributed by atoms with Crippen molar-refractivity contribution in [1.82, 2.24) is 14.5 Å². The Bertz CT molecular complexity index is 4440. The molecule has 0 aliphatic carbocycles. The van der Waals surface area contributed by atoms with Gasteiger partial charge in [0.05, 0.1) is 27.9 Å². The van der Waals surface area contributed by atoms with Crippen LogP contribution in [0.25, 0.3) is 82.7 Å². The quantitative estimate of drug-likeness (QED) is 0.0934. The zero-order chi connectivity index (χ0) is 51.5. The lowest BCUT2D eigenvalue weighted by molar-refractivity contribution is -0.0500. The fraction of sp³-hybridized carbons (Fsp3) is 0.0159. The second kappa shape index (κ2) is 18.3. The molecule has 0 saturated heterocycles. The van der Waals surface area contributed by atoms with E-state index < -0.39 is 21.4 Å². The summed E-state index contributed by atoms with van der Waals surface area (Å²) in [6, 6.07) is 76.9. The highest BCUT2D eigenvalue weighted by Crippen LogP contribution is 2.48. The van der Waals surface area contributed by atoms with Crippen molar-refractivity contribution in [3.63, 3.8) is 0 Å². The van der Waals surface area contributed by atoms with Crippen LogP contribution in [0, 0.1) is 0 Å². The molecule has 76 heavy (non-hydrogen) atoms. The molecule has 0 spiro atoms. The van der Waals surface area contributed by atoms with Crippen LogP contribution in [0.3, 0.4) is 0 Å². The van der Waals surface area contributed by atoms with Gasteiger partial charge in [0.2, 0.25) is 5.95 Å². The molecule has 3 heterocycles. The summed E-state index contributed by atoms with van der Waals surface area (Å²) in [5.41, 5.74) is 4.68. The predicted molar refractivity (Wildman–Crippen MR) is 297 cm³/mol. The van der Waals surface area contributed by atoms with Gasteiger partial charge < -0.3 is 18.1 Å². The molecule has 0 N–H and O–H groups in total. The molecule has 0 aliphatic rings. The van der Waals surface area contributed by atoms with Crippen LogP contribution < -0.4 is 14.0 Å². The van der Waals surface area contributed by atoms with Crippen LogP contribution in [-0.2, 0) is 10.1 Å². The maximum absolute atomic E-state index is 14.3. The number of alkyl halides is 3. The lowest BCUT2D eigenvalue weighted by atomic mass is 10.0. The Balaban J connectivity index is 1.06. The lowest BCUT2D eigenvalue weighted by Crippen LogP contribution is -2.28. The van der Waals surface area contributed by atoms with Crippen LogP contribution >= 0.6 is 0 Å². The maximum Gasteiger partial charge on any atom is 0.534 e. The fourth-order valence-corrected chi connectivity index (χ4v) is 10.5. The summed E-state index contributed by atoms with van der Waals surface area (Å²) in [6.45, 7) is 0. The molecule has 0 bridgehead atoms. The van der Waals surface area contributed by atoms with Crippen LogP contribution in [0.2, 0.25) is 0 Å². The third kappa shape index (κ3) is 8.10. The number of hydrogen-bond acceptors (Lipinski definition) is 8. The van der Waals surface area contributed by atoms with Crippen LogP contribution in [0.15, 0.2) is 247 Å². The Hall–Kier alpha value is -9.72. The number of fused-ring (bicyclic) bond motifs is 7. The Morgan fingerprint density at radius 3 is 1.74 bits per heavy atom. The molecule has 0 aliphatic heterocycles. The van der Waals surface area contributed by atoms with E-state index in [1.54, 1.807) is 6.07 Å². The lowest BCUT2D eigenvalue weighted by Gasteiger charge is -2.26. The van der Waals surface area contributed by atoms with E-state index in [-0.39, 0.29) is 16.7 Å². The SMILES string of the molecule is O=S(=O)(Oc1cc(N(c2ccc(-c3ccccc3)cc2)c2ccc3c(c2)c2ccccc2n3-c2ccccc2)c2oc3ccc(N(c4ccccc4)c4nc(-c5ccccc5)c5ccccc5n4)cc3c2c1)C(F)(F)F. The molecule has 13 rings (SSSR count). The van der Waals surface area contributed by atoms with Crippen molar-refractivity contribution < 1.29 is 30.2 Å². The van der Waals surface area contributed by atoms with Crippen molar-refractivity contribution in [3.05, 3.63) is 243 Å². The highest BCUT2D eigenvalue weighted by atomic mass is 32.2. The second-order valence-electron chi connectivity index (χ2n) is 18.1. The van der Waals surface area contributed by atoms with Crippen LogP contribution in [0.4, 0.5) is 47.6 Å². The van der Waals surface area contributed by atoms with Gasteiger partial charge in [-0.3, -0.25) is 4.90 Å². The molecule has 368 valence electrons. The van der Waals surface area contributed by atoms with E-state index in [0.29, 0.717) is 45.2 Å². The second-order valence-corrected chi connectivity index (χ2v) is 19.7. The van der Waals surface area contributed by atoms with Crippen molar-refractivity contribution in [3.8, 4) is 33.8 Å². The fourth-order valence-electron chi connectivity index (χ4n) is 10.1. The largest absolute Gasteiger partial charge is 0.534 e. The zero-order valence-electron chi connectivity index (χ0n) is 40.0. The molecule has 13 aromatic rings. The highest BCUT2D eigenvalue weighted by molar-refractivity contribution is 7.88. The molecule has 9 nitrogen and oxygen atoms in total. The van der Waals surface area contributed by atoms with Gasteiger partial charge in [-0.2, -0.15) is 21.6 Å². The number of halogens is 3. The third-order valence-corrected chi connectivity index (χ3v) is 14.5. The van der Waals surface area contributed by atoms with E-state index in [4.69, 9.17) is 18.6 Å². The number of hydrogen-bond donors (Lipinski definition) is 0. The molecule has 3 aromatic heterocycles. The normalized spacial score (nSPS) is 12.0. The van der Waals surface area contributed by atoms with Crippen LogP contribution in [-0.4, -0.2) is 28.5 Å². The number of rotatable bonds is 11. The first kappa shape index (κ1) is 46.1. The maximum atomic E-state index is 14.3. The summed E-state index contributed by atoms with van der Waals surface area (Å²) in [6.07, 6.45) is 0. The first-order chi connectivity index (χ1) is 37.1. The van der Waals surface area contributed by atoms with Gasteiger partial charge in [-0.25, -0.2) is 9.97 Å². The van der Waals surface area contributed by atoms with Gasteiger partial charge in [0, 0.05) is 67.0 Å². The van der Waals surface area contributed by atoms with E-state index in [2.05, 4.69) is 16.7 Å². The summed E-state index contributed by atoms with van der Waals surface area (Å²) in [7, 11) is -6.16. The number of para-hydroxylation sites is 4. The molecule has 0 unspecified atom stereocenters. The average Bonchev–Trinajstić information content (AvgIpc) is 4.08. The summed E-state index contributed by atoms with van der Waals surface area (Å²) in [5.74, 6) is -0.225. The molecule has 0 atom stereocenters. The van der Waals surface area contributed by atoms with E-state index in [0.717, 1.165) is 55.3 Å². The van der Waals surface area contributed by atoms with Gasteiger partial charge in [-0.05, 0) is 102 Å². The van der Waals surface area contributed by atoms with Gasteiger partial charge in [-0.1, -0.05) is 146 Å². The highest BCUT2D eigenvalue weighted by Gasteiger charge is 2.48. The first-order valence-electron chi connectivity index (χ1n) is 24.3. The smallest absolute Gasteiger partial charge is 0.454 e. The van der Waals surface area contributed by atoms with Gasteiger partial charge >= 0.3 is 15.6 Å². The number of aromatic nitrogens is 3.